The molecule has 1 N–H and O–H groups in total. The SMILES string of the molecule is CCCC[C@@]1(C)C[C@@H]1[C@H](O)C(c1ccccc1)c1ccccc1. The number of benzene rings is 2. The molecule has 122 valence electrons. The predicted octanol–water partition coefficient (Wildman–Crippen LogP) is 5.40. The molecule has 0 aliphatic heterocycles. The maximum absolute atomic E-state index is 11.2. The Bertz CT molecular complexity index is 567. The first-order valence-electron chi connectivity index (χ1n) is 8.93. The summed E-state index contributed by atoms with van der Waals surface area (Å²) in [5.41, 5.74) is 2.77. The molecule has 1 aliphatic rings. The van der Waals surface area contributed by atoms with Gasteiger partial charge in [0, 0.05) is 5.92 Å². The quantitative estimate of drug-likeness (QED) is 0.726. The monoisotopic (exact) mass is 308 g/mol. The Labute approximate surface area is 140 Å². The van der Waals surface area contributed by atoms with Gasteiger partial charge in [0.2, 0.25) is 0 Å². The molecule has 1 saturated carbocycles. The van der Waals surface area contributed by atoms with Crippen LogP contribution in [0.1, 0.15) is 56.6 Å². The summed E-state index contributed by atoms with van der Waals surface area (Å²) < 4.78 is 0. The third-order valence-electron chi connectivity index (χ3n) is 5.59. The zero-order valence-electron chi connectivity index (χ0n) is 14.3. The Hall–Kier alpha value is -1.60. The number of hydrogen-bond donors (Lipinski definition) is 1. The molecule has 0 saturated heterocycles. The number of aliphatic hydroxyl groups excluding tert-OH is 1. The zero-order valence-corrected chi connectivity index (χ0v) is 14.3. The van der Waals surface area contributed by atoms with Gasteiger partial charge in [0.25, 0.3) is 0 Å². The van der Waals surface area contributed by atoms with Crippen LogP contribution in [0, 0.1) is 11.3 Å². The first-order valence-corrected chi connectivity index (χ1v) is 8.93. The fourth-order valence-corrected chi connectivity index (χ4v) is 3.98. The lowest BCUT2D eigenvalue weighted by Crippen LogP contribution is -2.24. The smallest absolute Gasteiger partial charge is 0.0682 e. The minimum atomic E-state index is -0.304. The van der Waals surface area contributed by atoms with E-state index in [1.165, 1.54) is 30.4 Å². The summed E-state index contributed by atoms with van der Waals surface area (Å²) in [4.78, 5) is 0. The molecular weight excluding hydrogens is 280 g/mol. The second-order valence-electron chi connectivity index (χ2n) is 7.36. The van der Waals surface area contributed by atoms with Crippen LogP contribution < -0.4 is 0 Å². The second-order valence-corrected chi connectivity index (χ2v) is 7.36. The van der Waals surface area contributed by atoms with Crippen molar-refractivity contribution in [3.05, 3.63) is 71.8 Å². The summed E-state index contributed by atoms with van der Waals surface area (Å²) in [6, 6.07) is 20.9. The molecule has 0 amide bonds. The largest absolute Gasteiger partial charge is 0.392 e. The Morgan fingerprint density at radius 3 is 2.00 bits per heavy atom. The highest BCUT2D eigenvalue weighted by Gasteiger charge is 2.54. The number of unbranched alkanes of at least 4 members (excludes halogenated alkanes) is 1. The van der Waals surface area contributed by atoms with E-state index in [0.717, 1.165) is 6.42 Å². The van der Waals surface area contributed by atoms with Gasteiger partial charge >= 0.3 is 0 Å². The van der Waals surface area contributed by atoms with Gasteiger partial charge in [0.15, 0.2) is 0 Å². The van der Waals surface area contributed by atoms with Crippen LogP contribution in [0.2, 0.25) is 0 Å². The molecule has 2 aromatic rings. The van der Waals surface area contributed by atoms with Crippen molar-refractivity contribution in [2.45, 2.75) is 51.6 Å². The number of aliphatic hydroxyl groups is 1. The molecule has 0 aromatic heterocycles. The predicted molar refractivity (Wildman–Crippen MR) is 96.5 cm³/mol. The van der Waals surface area contributed by atoms with Gasteiger partial charge in [-0.3, -0.25) is 0 Å². The zero-order chi connectivity index (χ0) is 16.3. The van der Waals surface area contributed by atoms with E-state index in [0.29, 0.717) is 11.3 Å². The van der Waals surface area contributed by atoms with Crippen LogP contribution >= 0.6 is 0 Å². The standard InChI is InChI=1S/C22H28O/c1-3-4-15-22(2)16-19(22)21(23)20(17-11-7-5-8-12-17)18-13-9-6-10-14-18/h5-14,19-21,23H,3-4,15-16H2,1-2H3/t19-,21+,22+/m1/s1. The van der Waals surface area contributed by atoms with Crippen molar-refractivity contribution in [2.24, 2.45) is 11.3 Å². The van der Waals surface area contributed by atoms with E-state index >= 15 is 0 Å². The maximum atomic E-state index is 11.2. The lowest BCUT2D eigenvalue weighted by Gasteiger charge is -2.26. The van der Waals surface area contributed by atoms with Crippen LogP contribution in [0.15, 0.2) is 60.7 Å². The minimum Gasteiger partial charge on any atom is -0.392 e. The van der Waals surface area contributed by atoms with Gasteiger partial charge in [0.05, 0.1) is 6.10 Å². The van der Waals surface area contributed by atoms with Crippen LogP contribution in [0.25, 0.3) is 0 Å². The summed E-state index contributed by atoms with van der Waals surface area (Å²) in [6.45, 7) is 4.59. The fraction of sp³-hybridized carbons (Fsp3) is 0.455. The van der Waals surface area contributed by atoms with Crippen molar-refractivity contribution < 1.29 is 5.11 Å². The average molecular weight is 308 g/mol. The summed E-state index contributed by atoms with van der Waals surface area (Å²) in [7, 11) is 0. The number of hydrogen-bond acceptors (Lipinski definition) is 1. The van der Waals surface area contributed by atoms with Crippen LogP contribution in [0.5, 0.6) is 0 Å². The first kappa shape index (κ1) is 16.3. The van der Waals surface area contributed by atoms with Gasteiger partial charge in [-0.15, -0.1) is 0 Å². The normalized spacial score (nSPS) is 24.6. The van der Waals surface area contributed by atoms with Crippen molar-refractivity contribution in [2.75, 3.05) is 0 Å². The van der Waals surface area contributed by atoms with E-state index in [1.54, 1.807) is 0 Å². The van der Waals surface area contributed by atoms with E-state index in [2.05, 4.69) is 62.4 Å². The van der Waals surface area contributed by atoms with E-state index in [1.807, 2.05) is 12.1 Å². The van der Waals surface area contributed by atoms with Gasteiger partial charge in [-0.25, -0.2) is 0 Å². The Morgan fingerprint density at radius 1 is 1.00 bits per heavy atom. The molecule has 3 atom stereocenters. The van der Waals surface area contributed by atoms with Crippen LogP contribution in [0.3, 0.4) is 0 Å². The number of rotatable bonds is 7. The van der Waals surface area contributed by atoms with E-state index in [4.69, 9.17) is 0 Å². The van der Waals surface area contributed by atoms with Gasteiger partial charge in [-0.05, 0) is 35.3 Å². The van der Waals surface area contributed by atoms with E-state index in [-0.39, 0.29) is 12.0 Å². The molecule has 1 heteroatoms. The molecule has 1 fully saturated rings. The Kier molecular flexibility index (Phi) is 4.87. The highest BCUT2D eigenvalue weighted by atomic mass is 16.3. The molecule has 0 heterocycles. The van der Waals surface area contributed by atoms with Crippen LogP contribution in [-0.2, 0) is 0 Å². The van der Waals surface area contributed by atoms with E-state index < -0.39 is 0 Å². The molecule has 0 bridgehead atoms. The topological polar surface area (TPSA) is 20.2 Å². The minimum absolute atomic E-state index is 0.0749. The van der Waals surface area contributed by atoms with Gasteiger partial charge in [-0.2, -0.15) is 0 Å². The molecular formula is C22H28O. The molecule has 3 rings (SSSR count). The molecule has 0 spiro atoms. The van der Waals surface area contributed by atoms with Crippen molar-refractivity contribution in [1.82, 2.24) is 0 Å². The molecule has 2 aromatic carbocycles. The lowest BCUT2D eigenvalue weighted by molar-refractivity contribution is 0.115. The van der Waals surface area contributed by atoms with Crippen molar-refractivity contribution >= 4 is 0 Å². The lowest BCUT2D eigenvalue weighted by atomic mass is 9.82. The highest BCUT2D eigenvalue weighted by Crippen LogP contribution is 2.59. The van der Waals surface area contributed by atoms with Gasteiger partial charge in [-0.1, -0.05) is 87.4 Å². The highest BCUT2D eigenvalue weighted by molar-refractivity contribution is 5.35. The summed E-state index contributed by atoms with van der Waals surface area (Å²) in [6.07, 6.45) is 4.59. The van der Waals surface area contributed by atoms with Crippen molar-refractivity contribution in [3.8, 4) is 0 Å². The third-order valence-corrected chi connectivity index (χ3v) is 5.59. The second kappa shape index (κ2) is 6.88. The van der Waals surface area contributed by atoms with Gasteiger partial charge in [0.1, 0.15) is 0 Å². The van der Waals surface area contributed by atoms with Crippen molar-refractivity contribution in [3.63, 3.8) is 0 Å². The van der Waals surface area contributed by atoms with Gasteiger partial charge < -0.3 is 5.11 Å². The molecule has 23 heavy (non-hydrogen) atoms. The fourth-order valence-electron chi connectivity index (χ4n) is 3.98. The third kappa shape index (κ3) is 3.50. The maximum Gasteiger partial charge on any atom is 0.0682 e. The summed E-state index contributed by atoms with van der Waals surface area (Å²) >= 11 is 0. The molecule has 1 nitrogen and oxygen atoms in total. The summed E-state index contributed by atoms with van der Waals surface area (Å²) in [5.74, 6) is 0.491. The average Bonchev–Trinajstić information content (AvgIpc) is 3.27. The molecule has 0 unspecified atom stereocenters. The van der Waals surface area contributed by atoms with Crippen LogP contribution in [-0.4, -0.2) is 11.2 Å². The first-order chi connectivity index (χ1) is 11.2. The summed E-state index contributed by atoms with van der Waals surface area (Å²) in [5, 5.41) is 11.2. The Balaban J connectivity index is 1.85. The van der Waals surface area contributed by atoms with Crippen molar-refractivity contribution in [1.29, 1.82) is 0 Å². The Morgan fingerprint density at radius 2 is 1.52 bits per heavy atom. The van der Waals surface area contributed by atoms with E-state index in [9.17, 15) is 5.11 Å². The van der Waals surface area contributed by atoms with Crippen LogP contribution in [0.4, 0.5) is 0 Å². The molecule has 0 radical (unpaired) electrons. The molecule has 1 aliphatic carbocycles.